The second-order valence-corrected chi connectivity index (χ2v) is 6.68. The lowest BCUT2D eigenvalue weighted by molar-refractivity contribution is -0.113. The van der Waals surface area contributed by atoms with Gasteiger partial charge in [-0.05, 0) is 29.8 Å². The number of amidine groups is 1. The molecule has 0 saturated carbocycles. The number of urea groups is 1. The molecule has 0 aliphatic carbocycles. The Labute approximate surface area is 172 Å². The number of benzene rings is 2. The number of amides is 3. The van der Waals surface area contributed by atoms with Crippen molar-refractivity contribution < 1.29 is 23.5 Å². The van der Waals surface area contributed by atoms with Gasteiger partial charge in [0.2, 0.25) is 0 Å². The Kier molecular flexibility index (Phi) is 5.34. The van der Waals surface area contributed by atoms with Gasteiger partial charge in [0.1, 0.15) is 23.5 Å². The number of carbonyl (C=O) groups excluding carboxylic acids is 2. The van der Waals surface area contributed by atoms with Crippen molar-refractivity contribution in [1.29, 1.82) is 0 Å². The van der Waals surface area contributed by atoms with Gasteiger partial charge in [0.25, 0.3) is 5.91 Å². The van der Waals surface area contributed by atoms with Crippen LogP contribution in [0, 0.1) is 5.82 Å². The van der Waals surface area contributed by atoms with Crippen molar-refractivity contribution in [3.8, 4) is 5.75 Å². The highest BCUT2D eigenvalue weighted by Crippen LogP contribution is 2.22. The Morgan fingerprint density at radius 3 is 2.80 bits per heavy atom. The van der Waals surface area contributed by atoms with Gasteiger partial charge in [-0.15, -0.1) is 4.99 Å². The molecule has 2 heterocycles. The number of methoxy groups -OCH3 is 1. The van der Waals surface area contributed by atoms with Gasteiger partial charge in [0.15, 0.2) is 0 Å². The van der Waals surface area contributed by atoms with Crippen LogP contribution in [0.25, 0.3) is 0 Å². The van der Waals surface area contributed by atoms with Crippen LogP contribution >= 0.6 is 0 Å². The third-order valence-electron chi connectivity index (χ3n) is 4.70. The molecule has 0 radical (unpaired) electrons. The first-order valence-corrected chi connectivity index (χ1v) is 9.25. The predicted molar refractivity (Wildman–Crippen MR) is 107 cm³/mol. The van der Waals surface area contributed by atoms with E-state index in [9.17, 15) is 14.0 Å². The molecule has 0 unspecified atom stereocenters. The number of fused-ring (bicyclic) bond motifs is 1. The van der Waals surface area contributed by atoms with Crippen LogP contribution in [0.15, 0.2) is 65.5 Å². The molecule has 2 aliphatic heterocycles. The molecular formula is C21H19FN4O4. The average Bonchev–Trinajstić information content (AvgIpc) is 3.08. The van der Waals surface area contributed by atoms with E-state index in [4.69, 9.17) is 9.47 Å². The Bertz CT molecular complexity index is 1040. The number of aliphatic imine (C=N–C) groups is 1. The third-order valence-corrected chi connectivity index (χ3v) is 4.70. The van der Waals surface area contributed by atoms with Crippen LogP contribution in [-0.2, 0) is 16.1 Å². The molecule has 0 atom stereocenters. The summed E-state index contributed by atoms with van der Waals surface area (Å²) >= 11 is 0. The van der Waals surface area contributed by atoms with Crippen molar-refractivity contribution in [2.24, 2.45) is 4.99 Å². The molecule has 0 aromatic heterocycles. The standard InChI is InChI=1S/C21H19FN4O4/c1-29-17-4-2-3-16(11-17)23-19(27)18-13-30-21-24-20(28)25(9-10-26(18)21)12-14-5-7-15(22)8-6-14/h2-8,11,13H,9-10,12H2,1H3,(H,23,27). The van der Waals surface area contributed by atoms with E-state index < -0.39 is 11.9 Å². The van der Waals surface area contributed by atoms with E-state index in [2.05, 4.69) is 10.3 Å². The summed E-state index contributed by atoms with van der Waals surface area (Å²) < 4.78 is 23.6. The highest BCUT2D eigenvalue weighted by molar-refractivity contribution is 6.08. The zero-order valence-corrected chi connectivity index (χ0v) is 16.2. The number of nitrogens with zero attached hydrogens (tertiary/aromatic N) is 3. The minimum Gasteiger partial charge on any atom is -0.497 e. The first-order chi connectivity index (χ1) is 14.5. The van der Waals surface area contributed by atoms with Crippen LogP contribution in [0.3, 0.4) is 0 Å². The summed E-state index contributed by atoms with van der Waals surface area (Å²) in [5.74, 6) is -0.122. The summed E-state index contributed by atoms with van der Waals surface area (Å²) in [5, 5.41) is 2.78. The maximum atomic E-state index is 13.1. The topological polar surface area (TPSA) is 83.5 Å². The van der Waals surface area contributed by atoms with Crippen LogP contribution in [0.2, 0.25) is 0 Å². The number of anilines is 1. The molecule has 2 aromatic rings. The quantitative estimate of drug-likeness (QED) is 0.820. The molecule has 0 fully saturated rings. The Morgan fingerprint density at radius 1 is 1.23 bits per heavy atom. The molecule has 154 valence electrons. The zero-order chi connectivity index (χ0) is 21.1. The minimum atomic E-state index is -0.486. The van der Waals surface area contributed by atoms with Gasteiger partial charge < -0.3 is 19.7 Å². The summed E-state index contributed by atoms with van der Waals surface area (Å²) in [4.78, 5) is 32.3. The maximum absolute atomic E-state index is 13.1. The number of hydrogen-bond donors (Lipinski definition) is 1. The van der Waals surface area contributed by atoms with Crippen molar-refractivity contribution in [1.82, 2.24) is 9.80 Å². The minimum absolute atomic E-state index is 0.0531. The number of halogens is 1. The Morgan fingerprint density at radius 2 is 2.03 bits per heavy atom. The van der Waals surface area contributed by atoms with E-state index in [0.717, 1.165) is 5.56 Å². The van der Waals surface area contributed by atoms with Crippen molar-refractivity contribution in [2.45, 2.75) is 6.54 Å². The van der Waals surface area contributed by atoms with Crippen molar-refractivity contribution >= 4 is 23.6 Å². The van der Waals surface area contributed by atoms with Crippen LogP contribution < -0.4 is 10.1 Å². The SMILES string of the molecule is COc1cccc(NC(=O)C2=COC3=NC(=O)N(Cc4ccc(F)cc4)CCN23)c1. The van der Waals surface area contributed by atoms with E-state index in [-0.39, 0.29) is 24.1 Å². The van der Waals surface area contributed by atoms with Gasteiger partial charge in [-0.3, -0.25) is 9.69 Å². The van der Waals surface area contributed by atoms with Crippen LogP contribution in [0.4, 0.5) is 14.9 Å². The third kappa shape index (κ3) is 4.09. The Hall–Kier alpha value is -3.88. The summed E-state index contributed by atoms with van der Waals surface area (Å²) in [6, 6.07) is 12.5. The van der Waals surface area contributed by atoms with Gasteiger partial charge in [0, 0.05) is 31.4 Å². The number of hydrogen-bond acceptors (Lipinski definition) is 5. The molecule has 3 amide bonds. The molecule has 8 nitrogen and oxygen atoms in total. The second kappa shape index (κ2) is 8.24. The van der Waals surface area contributed by atoms with E-state index >= 15 is 0 Å². The van der Waals surface area contributed by atoms with Crippen molar-refractivity contribution in [2.75, 3.05) is 25.5 Å². The predicted octanol–water partition coefficient (Wildman–Crippen LogP) is 2.94. The molecule has 0 saturated heterocycles. The van der Waals surface area contributed by atoms with Crippen LogP contribution in [-0.4, -0.2) is 48.0 Å². The van der Waals surface area contributed by atoms with Gasteiger partial charge in [-0.2, -0.15) is 0 Å². The highest BCUT2D eigenvalue weighted by Gasteiger charge is 2.33. The number of rotatable bonds is 5. The summed E-state index contributed by atoms with van der Waals surface area (Å²) in [6.07, 6.45) is 1.28. The van der Waals surface area contributed by atoms with Gasteiger partial charge >= 0.3 is 12.1 Å². The first-order valence-electron chi connectivity index (χ1n) is 9.25. The van der Waals surface area contributed by atoms with Crippen molar-refractivity contribution in [3.63, 3.8) is 0 Å². The summed E-state index contributed by atoms with van der Waals surface area (Å²) in [7, 11) is 1.54. The second-order valence-electron chi connectivity index (χ2n) is 6.68. The number of nitrogens with one attached hydrogen (secondary N) is 1. The lowest BCUT2D eigenvalue weighted by Gasteiger charge is -2.21. The maximum Gasteiger partial charge on any atom is 0.348 e. The van der Waals surface area contributed by atoms with E-state index in [1.807, 2.05) is 0 Å². The van der Waals surface area contributed by atoms with Crippen LogP contribution in [0.5, 0.6) is 5.75 Å². The average molecular weight is 410 g/mol. The number of carbonyl (C=O) groups is 2. The zero-order valence-electron chi connectivity index (χ0n) is 16.2. The fourth-order valence-electron chi connectivity index (χ4n) is 3.14. The fourth-order valence-corrected chi connectivity index (χ4v) is 3.14. The summed E-state index contributed by atoms with van der Waals surface area (Å²) in [5.41, 5.74) is 1.59. The molecule has 9 heteroatoms. The Balaban J connectivity index is 1.44. The van der Waals surface area contributed by atoms with Gasteiger partial charge in [0.05, 0.1) is 7.11 Å². The van der Waals surface area contributed by atoms with Crippen LogP contribution in [0.1, 0.15) is 5.56 Å². The van der Waals surface area contributed by atoms with E-state index in [0.29, 0.717) is 24.5 Å². The van der Waals surface area contributed by atoms with Gasteiger partial charge in [-0.1, -0.05) is 18.2 Å². The molecule has 0 spiro atoms. The molecule has 4 rings (SSSR count). The van der Waals surface area contributed by atoms with Gasteiger partial charge in [-0.25, -0.2) is 9.18 Å². The lowest BCUT2D eigenvalue weighted by atomic mass is 10.2. The molecule has 30 heavy (non-hydrogen) atoms. The lowest BCUT2D eigenvalue weighted by Crippen LogP contribution is -2.36. The molecule has 0 bridgehead atoms. The first kappa shape index (κ1) is 19.4. The number of ether oxygens (including phenoxy) is 2. The normalized spacial score (nSPS) is 15.6. The summed E-state index contributed by atoms with van der Waals surface area (Å²) in [6.45, 7) is 0.915. The largest absolute Gasteiger partial charge is 0.497 e. The van der Waals surface area contributed by atoms with Crippen molar-refractivity contribution in [3.05, 3.63) is 71.9 Å². The smallest absolute Gasteiger partial charge is 0.348 e. The molecule has 2 aliphatic rings. The van der Waals surface area contributed by atoms with E-state index in [1.165, 1.54) is 23.3 Å². The molecule has 1 N–H and O–H groups in total. The fraction of sp³-hybridized carbons (Fsp3) is 0.190. The monoisotopic (exact) mass is 410 g/mol. The molecule has 2 aromatic carbocycles. The van der Waals surface area contributed by atoms with E-state index in [1.54, 1.807) is 48.4 Å². The highest BCUT2D eigenvalue weighted by atomic mass is 19.1. The molecular weight excluding hydrogens is 391 g/mol.